The van der Waals surface area contributed by atoms with Gasteiger partial charge in [0.1, 0.15) is 6.61 Å². The predicted molar refractivity (Wildman–Crippen MR) is 110 cm³/mol. The Kier molecular flexibility index (Phi) is 7.16. The quantitative estimate of drug-likeness (QED) is 0.561. The number of hydrogen-bond acceptors (Lipinski definition) is 4. The summed E-state index contributed by atoms with van der Waals surface area (Å²) in [4.78, 5) is 25.0. The van der Waals surface area contributed by atoms with Gasteiger partial charge in [-0.1, -0.05) is 54.6 Å². The number of nitrogens with one attached hydrogen (secondary N) is 1. The third-order valence-electron chi connectivity index (χ3n) is 4.53. The number of benzene rings is 3. The number of carbonyl (C=O) groups excluding carboxylic acids is 2. The highest BCUT2D eigenvalue weighted by molar-refractivity contribution is 5.94. The SMILES string of the molecule is COc1ccc(COC(=O)C[C@@H](NC(=O)c2ccccc2)c2ccccc2)cc1F. The number of rotatable bonds is 8. The molecule has 30 heavy (non-hydrogen) atoms. The van der Waals surface area contributed by atoms with Crippen molar-refractivity contribution in [2.75, 3.05) is 7.11 Å². The topological polar surface area (TPSA) is 64.6 Å². The first-order chi connectivity index (χ1) is 14.6. The molecular weight excluding hydrogens is 385 g/mol. The van der Waals surface area contributed by atoms with Gasteiger partial charge in [0.05, 0.1) is 19.6 Å². The minimum absolute atomic E-state index is 0.0543. The van der Waals surface area contributed by atoms with Crippen LogP contribution in [0, 0.1) is 5.82 Å². The molecule has 0 aliphatic carbocycles. The summed E-state index contributed by atoms with van der Waals surface area (Å²) in [6, 6.07) is 21.8. The summed E-state index contributed by atoms with van der Waals surface area (Å²) in [6.07, 6.45) is -0.0543. The van der Waals surface area contributed by atoms with E-state index in [2.05, 4.69) is 5.32 Å². The van der Waals surface area contributed by atoms with Crippen molar-refractivity contribution in [3.05, 3.63) is 101 Å². The second kappa shape index (κ2) is 10.2. The third-order valence-corrected chi connectivity index (χ3v) is 4.53. The average Bonchev–Trinajstić information content (AvgIpc) is 2.78. The van der Waals surface area contributed by atoms with E-state index in [9.17, 15) is 14.0 Å². The number of hydrogen-bond donors (Lipinski definition) is 1. The number of amides is 1. The monoisotopic (exact) mass is 407 g/mol. The van der Waals surface area contributed by atoms with Crippen molar-refractivity contribution >= 4 is 11.9 Å². The van der Waals surface area contributed by atoms with E-state index in [1.54, 1.807) is 30.3 Å². The molecule has 0 saturated heterocycles. The molecule has 1 atom stereocenters. The lowest BCUT2D eigenvalue weighted by Gasteiger charge is -2.19. The van der Waals surface area contributed by atoms with Crippen molar-refractivity contribution < 1.29 is 23.5 Å². The molecule has 0 fully saturated rings. The van der Waals surface area contributed by atoms with Crippen LogP contribution in [0.3, 0.4) is 0 Å². The lowest BCUT2D eigenvalue weighted by Crippen LogP contribution is -2.30. The molecule has 0 unspecified atom stereocenters. The summed E-state index contributed by atoms with van der Waals surface area (Å²) < 4.78 is 24.0. The van der Waals surface area contributed by atoms with Crippen LogP contribution in [-0.4, -0.2) is 19.0 Å². The Balaban J connectivity index is 1.66. The maximum absolute atomic E-state index is 13.8. The fraction of sp³-hybridized carbons (Fsp3) is 0.167. The Morgan fingerprint density at radius 2 is 1.63 bits per heavy atom. The number of ether oxygens (including phenoxy) is 2. The molecular formula is C24H22FNO4. The van der Waals surface area contributed by atoms with Crippen molar-refractivity contribution in [2.24, 2.45) is 0 Å². The van der Waals surface area contributed by atoms with Gasteiger partial charge in [0, 0.05) is 5.56 Å². The van der Waals surface area contributed by atoms with E-state index in [1.807, 2.05) is 36.4 Å². The van der Waals surface area contributed by atoms with Gasteiger partial charge in [-0.15, -0.1) is 0 Å². The highest BCUT2D eigenvalue weighted by Gasteiger charge is 2.20. The Morgan fingerprint density at radius 1 is 0.967 bits per heavy atom. The van der Waals surface area contributed by atoms with Gasteiger partial charge in [0.25, 0.3) is 5.91 Å². The third kappa shape index (κ3) is 5.67. The van der Waals surface area contributed by atoms with Crippen molar-refractivity contribution in [2.45, 2.75) is 19.1 Å². The fourth-order valence-corrected chi connectivity index (χ4v) is 2.96. The van der Waals surface area contributed by atoms with Crippen molar-refractivity contribution in [3.63, 3.8) is 0 Å². The summed E-state index contributed by atoms with van der Waals surface area (Å²) in [6.45, 7) is -0.0755. The van der Waals surface area contributed by atoms with E-state index in [0.717, 1.165) is 5.56 Å². The first-order valence-electron chi connectivity index (χ1n) is 9.45. The lowest BCUT2D eigenvalue weighted by atomic mass is 10.0. The molecule has 0 spiro atoms. The van der Waals surface area contributed by atoms with Gasteiger partial charge in [-0.25, -0.2) is 4.39 Å². The van der Waals surface area contributed by atoms with Crippen LogP contribution in [0.1, 0.15) is 33.9 Å². The van der Waals surface area contributed by atoms with Gasteiger partial charge >= 0.3 is 5.97 Å². The Hall–Kier alpha value is -3.67. The van der Waals surface area contributed by atoms with Crippen LogP contribution >= 0.6 is 0 Å². The predicted octanol–water partition coefficient (Wildman–Crippen LogP) is 4.44. The summed E-state index contributed by atoms with van der Waals surface area (Å²) in [5.41, 5.74) is 1.79. The molecule has 0 aliphatic rings. The largest absolute Gasteiger partial charge is 0.494 e. The molecule has 6 heteroatoms. The normalized spacial score (nSPS) is 11.4. The second-order valence-electron chi connectivity index (χ2n) is 6.64. The maximum Gasteiger partial charge on any atom is 0.308 e. The number of carbonyl (C=O) groups is 2. The first-order valence-corrected chi connectivity index (χ1v) is 9.45. The van der Waals surface area contributed by atoms with Crippen molar-refractivity contribution in [3.8, 4) is 5.75 Å². The summed E-state index contributed by atoms with van der Waals surface area (Å²) in [5.74, 6) is -1.19. The van der Waals surface area contributed by atoms with Gasteiger partial charge in [-0.2, -0.15) is 0 Å². The number of methoxy groups -OCH3 is 1. The first kappa shape index (κ1) is 21.0. The molecule has 0 saturated carbocycles. The van der Waals surface area contributed by atoms with E-state index in [1.165, 1.54) is 19.2 Å². The second-order valence-corrected chi connectivity index (χ2v) is 6.64. The molecule has 154 valence electrons. The summed E-state index contributed by atoms with van der Waals surface area (Å²) >= 11 is 0. The zero-order valence-electron chi connectivity index (χ0n) is 16.5. The smallest absolute Gasteiger partial charge is 0.308 e. The zero-order valence-corrected chi connectivity index (χ0v) is 16.5. The molecule has 0 heterocycles. The molecule has 0 radical (unpaired) electrons. The van der Waals surface area contributed by atoms with Gasteiger partial charge in [0.2, 0.25) is 0 Å². The molecule has 1 amide bonds. The minimum Gasteiger partial charge on any atom is -0.494 e. The van der Waals surface area contributed by atoms with Crippen molar-refractivity contribution in [1.82, 2.24) is 5.32 Å². The van der Waals surface area contributed by atoms with E-state index in [4.69, 9.17) is 9.47 Å². The van der Waals surface area contributed by atoms with Crippen LogP contribution in [0.15, 0.2) is 78.9 Å². The highest BCUT2D eigenvalue weighted by Crippen LogP contribution is 2.20. The van der Waals surface area contributed by atoms with Crippen molar-refractivity contribution in [1.29, 1.82) is 0 Å². The Bertz CT molecular complexity index is 993. The molecule has 3 aromatic rings. The molecule has 1 N–H and O–H groups in total. The van der Waals surface area contributed by atoms with Gasteiger partial charge in [-0.3, -0.25) is 9.59 Å². The number of esters is 1. The van der Waals surface area contributed by atoms with Crippen LogP contribution in [0.25, 0.3) is 0 Å². The summed E-state index contributed by atoms with van der Waals surface area (Å²) in [7, 11) is 1.38. The zero-order chi connectivity index (χ0) is 21.3. The van der Waals surface area contributed by atoms with E-state index in [-0.39, 0.29) is 24.7 Å². The Morgan fingerprint density at radius 3 is 2.27 bits per heavy atom. The van der Waals surface area contributed by atoms with Crippen LogP contribution in [0.4, 0.5) is 4.39 Å². The van der Waals surface area contributed by atoms with Crippen LogP contribution in [0.5, 0.6) is 5.75 Å². The van der Waals surface area contributed by atoms with Gasteiger partial charge < -0.3 is 14.8 Å². The molecule has 3 rings (SSSR count). The van der Waals surface area contributed by atoms with E-state index < -0.39 is 17.8 Å². The lowest BCUT2D eigenvalue weighted by molar-refractivity contribution is -0.145. The molecule has 0 aliphatic heterocycles. The molecule has 5 nitrogen and oxygen atoms in total. The van der Waals surface area contributed by atoms with Crippen LogP contribution in [-0.2, 0) is 16.1 Å². The number of halogens is 1. The maximum atomic E-state index is 13.8. The molecule has 0 aromatic heterocycles. The fourth-order valence-electron chi connectivity index (χ4n) is 2.96. The van der Waals surface area contributed by atoms with Crippen LogP contribution < -0.4 is 10.1 Å². The van der Waals surface area contributed by atoms with Crippen LogP contribution in [0.2, 0.25) is 0 Å². The van der Waals surface area contributed by atoms with E-state index in [0.29, 0.717) is 11.1 Å². The van der Waals surface area contributed by atoms with E-state index >= 15 is 0 Å². The molecule has 3 aromatic carbocycles. The van der Waals surface area contributed by atoms with Gasteiger partial charge in [-0.05, 0) is 35.4 Å². The Labute approximate surface area is 174 Å². The molecule has 0 bridgehead atoms. The standard InChI is InChI=1S/C24H22FNO4/c1-29-22-13-12-17(14-20(22)25)16-30-23(27)15-21(18-8-4-2-5-9-18)26-24(28)19-10-6-3-7-11-19/h2-14,21H,15-16H2,1H3,(H,26,28)/t21-/m1/s1. The summed E-state index contributed by atoms with van der Waals surface area (Å²) in [5, 5.41) is 2.89. The van der Waals surface area contributed by atoms with Gasteiger partial charge in [0.15, 0.2) is 11.6 Å². The minimum atomic E-state index is -0.556. The highest BCUT2D eigenvalue weighted by atomic mass is 19.1. The average molecular weight is 407 g/mol.